The molecule has 2 aliphatic heterocycles. The summed E-state index contributed by atoms with van der Waals surface area (Å²) >= 11 is 0. The summed E-state index contributed by atoms with van der Waals surface area (Å²) in [4.78, 5) is 10.8. The molecule has 7 N–H and O–H groups in total. The predicted octanol–water partition coefficient (Wildman–Crippen LogP) is -4.67. The smallest absolute Gasteiger partial charge is 0.335 e. The van der Waals surface area contributed by atoms with E-state index in [2.05, 4.69) is 4.74 Å². The molecule has 0 radical (unpaired) electrons. The van der Waals surface area contributed by atoms with Gasteiger partial charge in [0.05, 0.1) is 6.61 Å². The number of carbonyl (C=O) groups is 1. The van der Waals surface area contributed by atoms with Crippen LogP contribution in [0.5, 0.6) is 0 Å². The van der Waals surface area contributed by atoms with Gasteiger partial charge in [0.1, 0.15) is 36.6 Å². The number of ether oxygens (including phenoxy) is 3. The van der Waals surface area contributed by atoms with Gasteiger partial charge in [-0.05, 0) is 0 Å². The molecule has 11 heteroatoms. The molecule has 2 saturated heterocycles. The third-order valence-corrected chi connectivity index (χ3v) is 3.55. The highest BCUT2D eigenvalue weighted by Gasteiger charge is 2.50. The molecule has 11 nitrogen and oxygen atoms in total. The van der Waals surface area contributed by atoms with Gasteiger partial charge in [0.2, 0.25) is 0 Å². The molecule has 0 bridgehead atoms. The molecule has 2 heterocycles. The van der Waals surface area contributed by atoms with Crippen molar-refractivity contribution >= 4 is 5.97 Å². The highest BCUT2D eigenvalue weighted by atomic mass is 16.7. The lowest BCUT2D eigenvalue weighted by Gasteiger charge is -2.42. The average Bonchev–Trinajstić information content (AvgIpc) is 2.46. The molecule has 0 spiro atoms. The fourth-order valence-electron chi connectivity index (χ4n) is 2.26. The summed E-state index contributed by atoms with van der Waals surface area (Å²) in [5.41, 5.74) is 0. The molecule has 2 fully saturated rings. The normalized spacial score (nSPS) is 49.8. The van der Waals surface area contributed by atoms with Gasteiger partial charge in [-0.15, -0.1) is 0 Å². The third-order valence-electron chi connectivity index (χ3n) is 3.55. The Morgan fingerprint density at radius 3 is 2.18 bits per heavy atom. The first kappa shape index (κ1) is 17.5. The summed E-state index contributed by atoms with van der Waals surface area (Å²) in [5.74, 6) is -1.59. The topological polar surface area (TPSA) is 186 Å². The SMILES string of the molecule is O=C(O)[C@H]1O[C@@H](O)[C@H](O[C@@H]2OC[C@H](O)[C@H](O)[C@H]2O)[C@@H](O)[C@@H]1O. The Hall–Kier alpha value is -0.890. The summed E-state index contributed by atoms with van der Waals surface area (Å²) in [6, 6.07) is 0. The first-order chi connectivity index (χ1) is 10.2. The third kappa shape index (κ3) is 3.22. The van der Waals surface area contributed by atoms with Crippen molar-refractivity contribution in [2.45, 2.75) is 55.3 Å². The van der Waals surface area contributed by atoms with Crippen LogP contribution in [0.2, 0.25) is 0 Å². The Kier molecular flexibility index (Phi) is 5.32. The lowest BCUT2D eigenvalue weighted by Crippen LogP contribution is -2.63. The van der Waals surface area contributed by atoms with Gasteiger partial charge in [-0.3, -0.25) is 0 Å². The summed E-state index contributed by atoms with van der Waals surface area (Å²) in [7, 11) is 0. The Bertz CT molecular complexity index is 403. The van der Waals surface area contributed by atoms with E-state index in [1.165, 1.54) is 0 Å². The molecular formula is C11H18O11. The zero-order valence-electron chi connectivity index (χ0n) is 11.2. The molecule has 0 aromatic carbocycles. The Morgan fingerprint density at radius 1 is 0.955 bits per heavy atom. The molecule has 128 valence electrons. The van der Waals surface area contributed by atoms with Crippen molar-refractivity contribution in [2.24, 2.45) is 0 Å². The van der Waals surface area contributed by atoms with E-state index < -0.39 is 61.3 Å². The number of carboxylic acid groups (broad SMARTS) is 1. The fourth-order valence-corrected chi connectivity index (χ4v) is 2.26. The maximum Gasteiger partial charge on any atom is 0.335 e. The maximum absolute atomic E-state index is 10.8. The van der Waals surface area contributed by atoms with Gasteiger partial charge in [-0.25, -0.2) is 4.79 Å². The van der Waals surface area contributed by atoms with Gasteiger partial charge in [0, 0.05) is 0 Å². The molecular weight excluding hydrogens is 308 g/mol. The van der Waals surface area contributed by atoms with Crippen LogP contribution in [0.25, 0.3) is 0 Å². The summed E-state index contributed by atoms with van der Waals surface area (Å²) in [6.45, 7) is -0.372. The number of hydrogen-bond acceptors (Lipinski definition) is 10. The lowest BCUT2D eigenvalue weighted by molar-refractivity contribution is -0.345. The highest BCUT2D eigenvalue weighted by Crippen LogP contribution is 2.26. The van der Waals surface area contributed by atoms with Crippen molar-refractivity contribution in [3.8, 4) is 0 Å². The predicted molar refractivity (Wildman–Crippen MR) is 63.2 cm³/mol. The van der Waals surface area contributed by atoms with Crippen LogP contribution in [0.15, 0.2) is 0 Å². The average molecular weight is 326 g/mol. The van der Waals surface area contributed by atoms with Crippen LogP contribution in [0.4, 0.5) is 0 Å². The van der Waals surface area contributed by atoms with Crippen molar-refractivity contribution in [3.63, 3.8) is 0 Å². The van der Waals surface area contributed by atoms with Gasteiger partial charge in [0.15, 0.2) is 18.7 Å². The minimum atomic E-state index is -1.92. The van der Waals surface area contributed by atoms with Crippen LogP contribution >= 0.6 is 0 Å². The zero-order valence-corrected chi connectivity index (χ0v) is 11.2. The standard InChI is InChI=1S/C11H18O11/c12-2-1-20-11(6(16)3(2)13)22-8-5(15)4(14)7(9(17)18)21-10(8)19/h2-8,10-16,19H,1H2,(H,17,18)/t2-,3-,4-,5-,6+,7-,8+,10+,11-/m0/s1. The monoisotopic (exact) mass is 326 g/mol. The number of carboxylic acids is 1. The molecule has 22 heavy (non-hydrogen) atoms. The molecule has 0 aromatic rings. The fraction of sp³-hybridized carbons (Fsp3) is 0.909. The largest absolute Gasteiger partial charge is 0.479 e. The van der Waals surface area contributed by atoms with E-state index in [0.717, 1.165) is 0 Å². The minimum Gasteiger partial charge on any atom is -0.479 e. The van der Waals surface area contributed by atoms with E-state index in [4.69, 9.17) is 14.6 Å². The minimum absolute atomic E-state index is 0.372. The van der Waals surface area contributed by atoms with Gasteiger partial charge < -0.3 is 50.0 Å². The number of hydrogen-bond donors (Lipinski definition) is 7. The van der Waals surface area contributed by atoms with Crippen LogP contribution in [-0.2, 0) is 19.0 Å². The van der Waals surface area contributed by atoms with Gasteiger partial charge in [0.25, 0.3) is 0 Å². The van der Waals surface area contributed by atoms with E-state index in [1.807, 2.05) is 0 Å². The molecule has 0 aromatic heterocycles. The van der Waals surface area contributed by atoms with Gasteiger partial charge in [-0.2, -0.15) is 0 Å². The summed E-state index contributed by atoms with van der Waals surface area (Å²) in [5, 5.41) is 66.4. The first-order valence-corrected chi connectivity index (χ1v) is 6.47. The van der Waals surface area contributed by atoms with Crippen LogP contribution in [0, 0.1) is 0 Å². The van der Waals surface area contributed by atoms with Crippen molar-refractivity contribution in [1.82, 2.24) is 0 Å². The van der Waals surface area contributed by atoms with E-state index >= 15 is 0 Å². The van der Waals surface area contributed by atoms with Gasteiger partial charge >= 0.3 is 5.97 Å². The molecule has 0 aliphatic carbocycles. The maximum atomic E-state index is 10.8. The second kappa shape index (κ2) is 6.70. The van der Waals surface area contributed by atoms with Gasteiger partial charge in [-0.1, -0.05) is 0 Å². The van der Waals surface area contributed by atoms with E-state index in [-0.39, 0.29) is 6.61 Å². The number of aliphatic hydroxyl groups excluding tert-OH is 6. The summed E-state index contributed by atoms with van der Waals surface area (Å²) in [6.07, 6.45) is -15.3. The molecule has 9 atom stereocenters. The van der Waals surface area contributed by atoms with Crippen LogP contribution in [-0.4, -0.2) is 104 Å². The van der Waals surface area contributed by atoms with Crippen LogP contribution < -0.4 is 0 Å². The number of aliphatic carboxylic acids is 1. The van der Waals surface area contributed by atoms with Crippen molar-refractivity contribution in [1.29, 1.82) is 0 Å². The molecule has 2 rings (SSSR count). The Morgan fingerprint density at radius 2 is 1.59 bits per heavy atom. The van der Waals surface area contributed by atoms with Crippen LogP contribution in [0.1, 0.15) is 0 Å². The van der Waals surface area contributed by atoms with Crippen molar-refractivity contribution < 1.29 is 54.8 Å². The van der Waals surface area contributed by atoms with Crippen molar-refractivity contribution in [3.05, 3.63) is 0 Å². The molecule has 0 unspecified atom stereocenters. The lowest BCUT2D eigenvalue weighted by atomic mass is 9.98. The van der Waals surface area contributed by atoms with Crippen molar-refractivity contribution in [2.75, 3.05) is 6.61 Å². The number of aliphatic hydroxyl groups is 6. The Labute approximate surface area is 123 Å². The molecule has 0 saturated carbocycles. The van der Waals surface area contributed by atoms with E-state index in [1.54, 1.807) is 0 Å². The zero-order chi connectivity index (χ0) is 16.6. The van der Waals surface area contributed by atoms with Crippen LogP contribution in [0.3, 0.4) is 0 Å². The number of rotatable bonds is 3. The highest BCUT2D eigenvalue weighted by molar-refractivity contribution is 5.73. The summed E-state index contributed by atoms with van der Waals surface area (Å²) < 4.78 is 14.6. The van der Waals surface area contributed by atoms with E-state index in [0.29, 0.717) is 0 Å². The second-order valence-corrected chi connectivity index (χ2v) is 5.12. The quantitative estimate of drug-likeness (QED) is 0.264. The van der Waals surface area contributed by atoms with E-state index in [9.17, 15) is 35.4 Å². The molecule has 0 amide bonds. The Balaban J connectivity index is 2.05. The molecule has 2 aliphatic rings. The first-order valence-electron chi connectivity index (χ1n) is 6.47. The second-order valence-electron chi connectivity index (χ2n) is 5.12.